The number of nitrogens with zero attached hydrogens (tertiary/aromatic N) is 4. The van der Waals surface area contributed by atoms with Gasteiger partial charge in [-0.3, -0.25) is 14.1 Å². The lowest BCUT2D eigenvalue weighted by Gasteiger charge is -2.12. The van der Waals surface area contributed by atoms with E-state index in [1.54, 1.807) is 60.9 Å². The van der Waals surface area contributed by atoms with Gasteiger partial charge in [0.15, 0.2) is 11.0 Å². The summed E-state index contributed by atoms with van der Waals surface area (Å²) in [6, 6.07) is 23.2. The zero-order valence-corrected chi connectivity index (χ0v) is 27.3. The molecule has 3 aromatic carbocycles. The van der Waals surface area contributed by atoms with Gasteiger partial charge in [0, 0.05) is 16.1 Å². The number of anilines is 1. The minimum Gasteiger partial charge on any atom is -0.497 e. The Balaban J connectivity index is 1.19. The predicted octanol–water partition coefficient (Wildman–Crippen LogP) is 6.27. The Morgan fingerprint density at radius 2 is 1.80 bits per heavy atom. The summed E-state index contributed by atoms with van der Waals surface area (Å²) in [5.74, 6) is 2.12. The van der Waals surface area contributed by atoms with Crippen LogP contribution in [0.3, 0.4) is 0 Å². The van der Waals surface area contributed by atoms with Gasteiger partial charge < -0.3 is 9.72 Å². The van der Waals surface area contributed by atoms with Gasteiger partial charge in [0.2, 0.25) is 0 Å². The fourth-order valence-electron chi connectivity index (χ4n) is 5.60. The van der Waals surface area contributed by atoms with Crippen LogP contribution in [0.2, 0.25) is 0 Å². The molecule has 6 aromatic rings. The second-order valence-corrected chi connectivity index (χ2v) is 14.6. The standard InChI is InChI=1S/C33H30N6O4S3/c1-43-24-16-14-23(15-17-24)38-46(41,42)25-11-7-10-22(18-25)30-36-37-33(39(30)19-21-8-3-2-4-9-21)44-20-28-34-31(40)29-26-12-5-6-13-27(26)45-32(29)35-28/h2-4,7-11,14-18,38H,5-6,12-13,19-20H2,1H3,(H,34,35,40). The molecule has 1 aliphatic rings. The Kier molecular flexibility index (Phi) is 8.36. The number of aromatic nitrogens is 5. The van der Waals surface area contributed by atoms with Crippen LogP contribution in [0, 0.1) is 0 Å². The van der Waals surface area contributed by atoms with E-state index in [-0.39, 0.29) is 10.5 Å². The number of methoxy groups -OCH3 is 1. The van der Waals surface area contributed by atoms with Crippen LogP contribution < -0.4 is 15.0 Å². The third kappa shape index (κ3) is 6.17. The molecule has 7 rings (SSSR count). The third-order valence-corrected chi connectivity index (χ3v) is 11.4. The van der Waals surface area contributed by atoms with E-state index in [1.807, 2.05) is 41.0 Å². The number of fused-ring (bicyclic) bond motifs is 3. The van der Waals surface area contributed by atoms with E-state index in [9.17, 15) is 13.2 Å². The normalized spacial score (nSPS) is 13.1. The van der Waals surface area contributed by atoms with Crippen LogP contribution in [-0.4, -0.2) is 40.3 Å². The molecule has 0 amide bonds. The molecule has 0 fully saturated rings. The molecule has 2 N–H and O–H groups in total. The number of aromatic amines is 1. The highest BCUT2D eigenvalue weighted by Gasteiger charge is 2.22. The summed E-state index contributed by atoms with van der Waals surface area (Å²) >= 11 is 3.05. The molecular weight excluding hydrogens is 641 g/mol. The van der Waals surface area contributed by atoms with Crippen molar-refractivity contribution >= 4 is 49.0 Å². The highest BCUT2D eigenvalue weighted by atomic mass is 32.2. The van der Waals surface area contributed by atoms with Gasteiger partial charge in [-0.05, 0) is 73.2 Å². The van der Waals surface area contributed by atoms with Crippen LogP contribution in [-0.2, 0) is 35.2 Å². The second kappa shape index (κ2) is 12.7. The lowest BCUT2D eigenvalue weighted by atomic mass is 9.97. The van der Waals surface area contributed by atoms with Crippen molar-refractivity contribution in [1.29, 1.82) is 0 Å². The van der Waals surface area contributed by atoms with Gasteiger partial charge >= 0.3 is 0 Å². The highest BCUT2D eigenvalue weighted by molar-refractivity contribution is 7.98. The monoisotopic (exact) mass is 670 g/mol. The summed E-state index contributed by atoms with van der Waals surface area (Å²) in [6.45, 7) is 0.465. The zero-order valence-electron chi connectivity index (χ0n) is 24.9. The molecule has 46 heavy (non-hydrogen) atoms. The molecule has 1 aliphatic carbocycles. The molecule has 0 spiro atoms. The molecule has 0 saturated heterocycles. The number of nitrogens with one attached hydrogen (secondary N) is 2. The van der Waals surface area contributed by atoms with E-state index in [0.717, 1.165) is 47.0 Å². The van der Waals surface area contributed by atoms with E-state index >= 15 is 0 Å². The summed E-state index contributed by atoms with van der Waals surface area (Å²) < 4.78 is 36.4. The topological polar surface area (TPSA) is 132 Å². The van der Waals surface area contributed by atoms with E-state index in [4.69, 9.17) is 9.72 Å². The fraction of sp³-hybridized carbons (Fsp3) is 0.212. The lowest BCUT2D eigenvalue weighted by Crippen LogP contribution is -2.13. The minimum atomic E-state index is -3.89. The number of aryl methyl sites for hydroxylation is 2. The van der Waals surface area contributed by atoms with Gasteiger partial charge in [0.05, 0.1) is 29.7 Å². The Morgan fingerprint density at radius 1 is 1.00 bits per heavy atom. The molecular formula is C33H30N6O4S3. The van der Waals surface area contributed by atoms with E-state index in [1.165, 1.54) is 16.6 Å². The van der Waals surface area contributed by atoms with Gasteiger partial charge in [0.25, 0.3) is 15.6 Å². The molecule has 10 nitrogen and oxygen atoms in total. The first kappa shape index (κ1) is 30.2. The molecule has 0 saturated carbocycles. The minimum absolute atomic E-state index is 0.0901. The van der Waals surface area contributed by atoms with Crippen LogP contribution in [0.15, 0.2) is 93.7 Å². The van der Waals surface area contributed by atoms with Crippen molar-refractivity contribution in [3.63, 3.8) is 0 Å². The summed E-state index contributed by atoms with van der Waals surface area (Å²) in [4.78, 5) is 23.1. The first-order valence-electron chi connectivity index (χ1n) is 14.8. The Labute approximate surface area is 274 Å². The van der Waals surface area contributed by atoms with Gasteiger partial charge in [-0.25, -0.2) is 13.4 Å². The Morgan fingerprint density at radius 3 is 2.61 bits per heavy atom. The van der Waals surface area contributed by atoms with Gasteiger partial charge in [-0.2, -0.15) is 0 Å². The largest absolute Gasteiger partial charge is 0.497 e. The van der Waals surface area contributed by atoms with Crippen molar-refractivity contribution < 1.29 is 13.2 Å². The molecule has 0 radical (unpaired) electrons. The highest BCUT2D eigenvalue weighted by Crippen LogP contribution is 2.34. The van der Waals surface area contributed by atoms with Crippen molar-refractivity contribution in [2.75, 3.05) is 11.8 Å². The number of benzene rings is 3. The molecule has 0 unspecified atom stereocenters. The van der Waals surface area contributed by atoms with Crippen LogP contribution in [0.4, 0.5) is 5.69 Å². The molecule has 0 bridgehead atoms. The first-order valence-corrected chi connectivity index (χ1v) is 18.1. The number of thiophene rings is 1. The summed E-state index contributed by atoms with van der Waals surface area (Å²) in [5.41, 5.74) is 3.13. The average Bonchev–Trinajstić information content (AvgIpc) is 3.65. The third-order valence-electron chi connectivity index (χ3n) is 7.86. The second-order valence-electron chi connectivity index (χ2n) is 10.9. The summed E-state index contributed by atoms with van der Waals surface area (Å²) in [6.07, 6.45) is 4.18. The number of sulfonamides is 1. The van der Waals surface area contributed by atoms with Crippen molar-refractivity contribution in [3.05, 3.63) is 111 Å². The maximum Gasteiger partial charge on any atom is 0.261 e. The average molecular weight is 671 g/mol. The molecule has 13 heteroatoms. The van der Waals surface area contributed by atoms with E-state index in [0.29, 0.717) is 46.1 Å². The van der Waals surface area contributed by atoms with E-state index < -0.39 is 10.0 Å². The maximum absolute atomic E-state index is 13.3. The Hall–Kier alpha value is -4.46. The number of hydrogen-bond donors (Lipinski definition) is 2. The SMILES string of the molecule is COc1ccc(NS(=O)(=O)c2cccc(-c3nnc(SCc4nc5sc6c(c5c(=O)[nH]4)CCCC6)n3Cc3ccccc3)c2)cc1. The van der Waals surface area contributed by atoms with Crippen molar-refractivity contribution in [1.82, 2.24) is 24.7 Å². The number of H-pyrrole nitrogens is 1. The van der Waals surface area contributed by atoms with E-state index in [2.05, 4.69) is 19.9 Å². The van der Waals surface area contributed by atoms with Crippen LogP contribution in [0.1, 0.15) is 34.7 Å². The fourth-order valence-corrected chi connectivity index (χ4v) is 8.80. The number of hydrogen-bond acceptors (Lipinski definition) is 9. The predicted molar refractivity (Wildman–Crippen MR) is 181 cm³/mol. The lowest BCUT2D eigenvalue weighted by molar-refractivity contribution is 0.415. The van der Waals surface area contributed by atoms with Crippen LogP contribution >= 0.6 is 23.1 Å². The smallest absolute Gasteiger partial charge is 0.261 e. The van der Waals surface area contributed by atoms with Crippen molar-refractivity contribution in [3.8, 4) is 17.1 Å². The summed E-state index contributed by atoms with van der Waals surface area (Å²) in [7, 11) is -2.34. The van der Waals surface area contributed by atoms with Crippen molar-refractivity contribution in [2.24, 2.45) is 0 Å². The van der Waals surface area contributed by atoms with Gasteiger partial charge in [-0.1, -0.05) is 54.2 Å². The summed E-state index contributed by atoms with van der Waals surface area (Å²) in [5, 5.41) is 10.4. The molecule has 234 valence electrons. The zero-order chi connectivity index (χ0) is 31.7. The molecule has 3 aromatic heterocycles. The Bertz CT molecular complexity index is 2190. The number of rotatable bonds is 10. The number of ether oxygens (including phenoxy) is 1. The molecule has 0 aliphatic heterocycles. The molecule has 3 heterocycles. The van der Waals surface area contributed by atoms with Gasteiger partial charge in [0.1, 0.15) is 16.4 Å². The van der Waals surface area contributed by atoms with Crippen LogP contribution in [0.25, 0.3) is 21.6 Å². The quantitative estimate of drug-likeness (QED) is 0.163. The first-order chi connectivity index (χ1) is 22.4. The van der Waals surface area contributed by atoms with Gasteiger partial charge in [-0.15, -0.1) is 21.5 Å². The number of thioether (sulfide) groups is 1. The van der Waals surface area contributed by atoms with Crippen molar-refractivity contribution in [2.45, 2.75) is 48.0 Å². The maximum atomic E-state index is 13.3. The molecule has 0 atom stereocenters. The van der Waals surface area contributed by atoms with Crippen LogP contribution in [0.5, 0.6) is 5.75 Å².